The Kier molecular flexibility index (Phi) is 5.04. The van der Waals surface area contributed by atoms with Crippen LogP contribution in [0.5, 0.6) is 0 Å². The van der Waals surface area contributed by atoms with Crippen molar-refractivity contribution in [1.29, 1.82) is 0 Å². The lowest BCUT2D eigenvalue weighted by Gasteiger charge is -2.30. The third-order valence-electron chi connectivity index (χ3n) is 4.55. The van der Waals surface area contributed by atoms with Crippen LogP contribution in [0.4, 0.5) is 0 Å². The molecule has 2 atom stereocenters. The second-order valence-corrected chi connectivity index (χ2v) is 6.16. The fraction of sp³-hybridized carbons (Fsp3) is 0.933. The fourth-order valence-electron chi connectivity index (χ4n) is 2.96. The topological polar surface area (TPSA) is 32.3 Å². The standard InChI is InChI=1S/C15H28N2O/c1-3-17(11-13-6-7-13)15(18)9-12(2)14-5-4-8-16-10-14/h12-14,16H,3-11H2,1-2H3. The summed E-state index contributed by atoms with van der Waals surface area (Å²) in [4.78, 5) is 14.4. The van der Waals surface area contributed by atoms with E-state index in [1.807, 2.05) is 0 Å². The summed E-state index contributed by atoms with van der Waals surface area (Å²) in [6.45, 7) is 8.49. The average Bonchev–Trinajstić information content (AvgIpc) is 3.20. The molecule has 0 aromatic rings. The highest BCUT2D eigenvalue weighted by Gasteiger charge is 2.28. The van der Waals surface area contributed by atoms with Gasteiger partial charge in [-0.05, 0) is 63.5 Å². The Morgan fingerprint density at radius 2 is 2.17 bits per heavy atom. The smallest absolute Gasteiger partial charge is 0.222 e. The van der Waals surface area contributed by atoms with Crippen LogP contribution in [0.1, 0.15) is 46.0 Å². The zero-order valence-electron chi connectivity index (χ0n) is 12.0. The largest absolute Gasteiger partial charge is 0.343 e. The Bertz CT molecular complexity index is 270. The summed E-state index contributed by atoms with van der Waals surface area (Å²) < 4.78 is 0. The predicted octanol–water partition coefficient (Wildman–Crippen LogP) is 2.27. The molecule has 2 rings (SSSR count). The molecule has 18 heavy (non-hydrogen) atoms. The van der Waals surface area contributed by atoms with Crippen LogP contribution in [0, 0.1) is 17.8 Å². The lowest BCUT2D eigenvalue weighted by molar-refractivity contribution is -0.132. The summed E-state index contributed by atoms with van der Waals surface area (Å²) in [5.74, 6) is 2.41. The van der Waals surface area contributed by atoms with E-state index in [0.717, 1.165) is 38.5 Å². The monoisotopic (exact) mass is 252 g/mol. The number of nitrogens with zero attached hydrogens (tertiary/aromatic N) is 1. The van der Waals surface area contributed by atoms with Gasteiger partial charge < -0.3 is 10.2 Å². The maximum absolute atomic E-state index is 12.3. The molecule has 1 saturated heterocycles. The Morgan fingerprint density at radius 3 is 2.72 bits per heavy atom. The number of hydrogen-bond donors (Lipinski definition) is 1. The van der Waals surface area contributed by atoms with Gasteiger partial charge in [-0.1, -0.05) is 6.92 Å². The molecule has 0 bridgehead atoms. The van der Waals surface area contributed by atoms with E-state index in [2.05, 4.69) is 24.1 Å². The van der Waals surface area contributed by atoms with Crippen molar-refractivity contribution in [3.05, 3.63) is 0 Å². The first kappa shape index (κ1) is 13.9. The molecule has 2 fully saturated rings. The molecule has 0 radical (unpaired) electrons. The Balaban J connectivity index is 1.76. The van der Waals surface area contributed by atoms with Gasteiger partial charge in [0.25, 0.3) is 0 Å². The van der Waals surface area contributed by atoms with Crippen LogP contribution in [-0.2, 0) is 4.79 Å². The van der Waals surface area contributed by atoms with Crippen molar-refractivity contribution in [2.45, 2.75) is 46.0 Å². The van der Waals surface area contributed by atoms with Crippen molar-refractivity contribution in [3.63, 3.8) is 0 Å². The van der Waals surface area contributed by atoms with E-state index in [-0.39, 0.29) is 0 Å². The van der Waals surface area contributed by atoms with Crippen LogP contribution >= 0.6 is 0 Å². The van der Waals surface area contributed by atoms with Crippen LogP contribution in [0.2, 0.25) is 0 Å². The van der Waals surface area contributed by atoms with Crippen LogP contribution in [0.25, 0.3) is 0 Å². The van der Waals surface area contributed by atoms with E-state index in [1.165, 1.54) is 25.7 Å². The second kappa shape index (κ2) is 6.55. The molecule has 3 nitrogen and oxygen atoms in total. The van der Waals surface area contributed by atoms with E-state index in [0.29, 0.717) is 17.7 Å². The molecule has 0 aromatic heterocycles. The summed E-state index contributed by atoms with van der Waals surface area (Å²) in [5.41, 5.74) is 0. The van der Waals surface area contributed by atoms with Gasteiger partial charge in [0.1, 0.15) is 0 Å². The van der Waals surface area contributed by atoms with Crippen molar-refractivity contribution >= 4 is 5.91 Å². The minimum atomic E-state index is 0.377. The SMILES string of the molecule is CCN(CC1CC1)C(=O)CC(C)C1CCCNC1. The van der Waals surface area contributed by atoms with E-state index < -0.39 is 0 Å². The summed E-state index contributed by atoms with van der Waals surface area (Å²) in [6, 6.07) is 0. The fourth-order valence-corrected chi connectivity index (χ4v) is 2.96. The molecule has 3 heteroatoms. The average molecular weight is 252 g/mol. The third-order valence-corrected chi connectivity index (χ3v) is 4.55. The first-order valence-electron chi connectivity index (χ1n) is 7.69. The van der Waals surface area contributed by atoms with Crippen LogP contribution in [-0.4, -0.2) is 37.0 Å². The van der Waals surface area contributed by atoms with Crippen LogP contribution in [0.3, 0.4) is 0 Å². The number of nitrogens with one attached hydrogen (secondary N) is 1. The van der Waals surface area contributed by atoms with E-state index in [4.69, 9.17) is 0 Å². The molecule has 0 aromatic carbocycles. The quantitative estimate of drug-likeness (QED) is 0.786. The maximum Gasteiger partial charge on any atom is 0.222 e. The molecule has 1 amide bonds. The van der Waals surface area contributed by atoms with Crippen LogP contribution in [0.15, 0.2) is 0 Å². The number of carbonyl (C=O) groups is 1. The van der Waals surface area contributed by atoms with Gasteiger partial charge in [-0.25, -0.2) is 0 Å². The molecule has 2 unspecified atom stereocenters. The van der Waals surface area contributed by atoms with Crippen molar-refractivity contribution in [3.8, 4) is 0 Å². The third kappa shape index (κ3) is 3.98. The summed E-state index contributed by atoms with van der Waals surface area (Å²) in [6.07, 6.45) is 5.95. The van der Waals surface area contributed by atoms with Gasteiger partial charge in [0.15, 0.2) is 0 Å². The van der Waals surface area contributed by atoms with Crippen molar-refractivity contribution in [2.24, 2.45) is 17.8 Å². The van der Waals surface area contributed by atoms with E-state index in [1.54, 1.807) is 0 Å². The number of rotatable bonds is 6. The zero-order chi connectivity index (χ0) is 13.0. The lowest BCUT2D eigenvalue weighted by atomic mass is 9.85. The highest BCUT2D eigenvalue weighted by molar-refractivity contribution is 5.76. The van der Waals surface area contributed by atoms with Crippen LogP contribution < -0.4 is 5.32 Å². The van der Waals surface area contributed by atoms with Crippen molar-refractivity contribution in [1.82, 2.24) is 10.2 Å². The number of hydrogen-bond acceptors (Lipinski definition) is 2. The molecule has 1 aliphatic heterocycles. The van der Waals surface area contributed by atoms with Crippen molar-refractivity contribution in [2.75, 3.05) is 26.2 Å². The van der Waals surface area contributed by atoms with E-state index >= 15 is 0 Å². The number of carbonyl (C=O) groups excluding carboxylic acids is 1. The summed E-state index contributed by atoms with van der Waals surface area (Å²) in [5, 5.41) is 3.45. The van der Waals surface area contributed by atoms with Gasteiger partial charge >= 0.3 is 0 Å². The normalized spacial score (nSPS) is 25.8. The van der Waals surface area contributed by atoms with Gasteiger partial charge in [0.2, 0.25) is 5.91 Å². The molecule has 1 aliphatic carbocycles. The highest BCUT2D eigenvalue weighted by Crippen LogP contribution is 2.30. The number of piperidine rings is 1. The van der Waals surface area contributed by atoms with Gasteiger partial charge in [-0.15, -0.1) is 0 Å². The maximum atomic E-state index is 12.3. The molecule has 1 N–H and O–H groups in total. The predicted molar refractivity (Wildman–Crippen MR) is 74.4 cm³/mol. The second-order valence-electron chi connectivity index (χ2n) is 6.16. The molecule has 1 saturated carbocycles. The minimum absolute atomic E-state index is 0.377. The highest BCUT2D eigenvalue weighted by atomic mass is 16.2. The first-order valence-corrected chi connectivity index (χ1v) is 7.69. The number of amides is 1. The first-order chi connectivity index (χ1) is 8.70. The Morgan fingerprint density at radius 1 is 1.39 bits per heavy atom. The molecular weight excluding hydrogens is 224 g/mol. The molecule has 2 aliphatic rings. The summed E-state index contributed by atoms with van der Waals surface area (Å²) >= 11 is 0. The van der Waals surface area contributed by atoms with Gasteiger partial charge in [-0.2, -0.15) is 0 Å². The zero-order valence-corrected chi connectivity index (χ0v) is 12.0. The summed E-state index contributed by atoms with van der Waals surface area (Å²) in [7, 11) is 0. The molecular formula is C15H28N2O. The minimum Gasteiger partial charge on any atom is -0.343 e. The van der Waals surface area contributed by atoms with Gasteiger partial charge in [0, 0.05) is 19.5 Å². The molecule has 1 heterocycles. The van der Waals surface area contributed by atoms with Gasteiger partial charge in [0.05, 0.1) is 0 Å². The van der Waals surface area contributed by atoms with Crippen molar-refractivity contribution < 1.29 is 4.79 Å². The van der Waals surface area contributed by atoms with E-state index in [9.17, 15) is 4.79 Å². The van der Waals surface area contributed by atoms with Gasteiger partial charge in [-0.3, -0.25) is 4.79 Å². The Labute approximate surface area is 111 Å². The lowest BCUT2D eigenvalue weighted by Crippen LogP contribution is -2.37. The molecule has 104 valence electrons. The molecule has 0 spiro atoms. The Hall–Kier alpha value is -0.570.